The van der Waals surface area contributed by atoms with Gasteiger partial charge in [-0.05, 0) is 55.0 Å². The molecule has 2 N–H and O–H groups in total. The largest absolute Gasteiger partial charge is 0.378 e. The Labute approximate surface area is 165 Å². The lowest BCUT2D eigenvalue weighted by Crippen LogP contribution is -2.16. The average Bonchev–Trinajstić information content (AvgIpc) is 2.71. The van der Waals surface area contributed by atoms with Crippen molar-refractivity contribution in [1.29, 1.82) is 0 Å². The van der Waals surface area contributed by atoms with Gasteiger partial charge in [0, 0.05) is 42.3 Å². The van der Waals surface area contributed by atoms with Gasteiger partial charge in [-0.2, -0.15) is 0 Å². The summed E-state index contributed by atoms with van der Waals surface area (Å²) in [5, 5.41) is 5.84. The first-order chi connectivity index (χ1) is 13.5. The number of carbonyl (C=O) groups excluding carboxylic acids is 2. The van der Waals surface area contributed by atoms with Crippen LogP contribution in [-0.2, 0) is 0 Å². The third-order valence-corrected chi connectivity index (χ3v) is 4.49. The maximum absolute atomic E-state index is 12.7. The van der Waals surface area contributed by atoms with Gasteiger partial charge in [0.1, 0.15) is 0 Å². The second kappa shape index (κ2) is 8.39. The molecule has 0 aliphatic heterocycles. The number of amides is 2. The van der Waals surface area contributed by atoms with Crippen molar-refractivity contribution in [3.63, 3.8) is 0 Å². The topological polar surface area (TPSA) is 61.4 Å². The predicted octanol–water partition coefficient (Wildman–Crippen LogP) is 4.57. The molecule has 3 aromatic rings. The number of carbonyl (C=O) groups is 2. The Kier molecular flexibility index (Phi) is 5.75. The zero-order valence-corrected chi connectivity index (χ0v) is 16.2. The van der Waals surface area contributed by atoms with Gasteiger partial charge in [-0.15, -0.1) is 0 Å². The summed E-state index contributed by atoms with van der Waals surface area (Å²) < 4.78 is 0. The van der Waals surface area contributed by atoms with Crippen molar-refractivity contribution in [2.24, 2.45) is 0 Å². The van der Waals surface area contributed by atoms with Gasteiger partial charge < -0.3 is 15.5 Å². The zero-order valence-electron chi connectivity index (χ0n) is 16.2. The summed E-state index contributed by atoms with van der Waals surface area (Å²) in [6.45, 7) is 1.87. The molecule has 0 heterocycles. The second-order valence-electron chi connectivity index (χ2n) is 6.70. The molecule has 5 nitrogen and oxygen atoms in total. The van der Waals surface area contributed by atoms with Gasteiger partial charge in [0.2, 0.25) is 0 Å². The number of rotatable bonds is 5. The minimum Gasteiger partial charge on any atom is -0.378 e. The summed E-state index contributed by atoms with van der Waals surface area (Å²) in [5.41, 5.74) is 4.22. The molecule has 0 radical (unpaired) electrons. The molecule has 28 heavy (non-hydrogen) atoms. The van der Waals surface area contributed by atoms with E-state index >= 15 is 0 Å². The molecule has 0 saturated carbocycles. The van der Waals surface area contributed by atoms with E-state index in [0.29, 0.717) is 22.5 Å². The minimum absolute atomic E-state index is 0.189. The Balaban J connectivity index is 1.78. The first kappa shape index (κ1) is 19.2. The van der Waals surface area contributed by atoms with E-state index in [0.717, 1.165) is 11.3 Å². The molecular weight excluding hydrogens is 350 g/mol. The van der Waals surface area contributed by atoms with E-state index in [-0.39, 0.29) is 11.8 Å². The second-order valence-corrected chi connectivity index (χ2v) is 6.70. The van der Waals surface area contributed by atoms with Crippen LogP contribution in [0.1, 0.15) is 26.3 Å². The highest BCUT2D eigenvalue weighted by Crippen LogP contribution is 2.25. The van der Waals surface area contributed by atoms with Gasteiger partial charge >= 0.3 is 0 Å². The Morgan fingerprint density at radius 1 is 0.714 bits per heavy atom. The lowest BCUT2D eigenvalue weighted by Gasteiger charge is -2.15. The van der Waals surface area contributed by atoms with E-state index in [1.807, 2.05) is 74.4 Å². The molecule has 0 fully saturated rings. The number of hydrogen-bond donors (Lipinski definition) is 2. The van der Waals surface area contributed by atoms with Gasteiger partial charge in [-0.1, -0.05) is 30.3 Å². The van der Waals surface area contributed by atoms with Crippen molar-refractivity contribution in [2.75, 3.05) is 29.6 Å². The molecular formula is C23H23N3O2. The predicted molar refractivity (Wildman–Crippen MR) is 114 cm³/mol. The number of benzene rings is 3. The lowest BCUT2D eigenvalue weighted by atomic mass is 10.1. The van der Waals surface area contributed by atoms with Crippen molar-refractivity contribution in [3.8, 4) is 0 Å². The maximum Gasteiger partial charge on any atom is 0.255 e. The fraction of sp³-hybridized carbons (Fsp3) is 0.130. The Morgan fingerprint density at radius 2 is 1.25 bits per heavy atom. The van der Waals surface area contributed by atoms with Crippen molar-refractivity contribution in [2.45, 2.75) is 6.92 Å². The fourth-order valence-electron chi connectivity index (χ4n) is 2.81. The maximum atomic E-state index is 12.7. The van der Waals surface area contributed by atoms with Crippen LogP contribution in [0.3, 0.4) is 0 Å². The molecule has 0 spiro atoms. The minimum atomic E-state index is -0.196. The monoisotopic (exact) mass is 373 g/mol. The van der Waals surface area contributed by atoms with Crippen LogP contribution in [0, 0.1) is 6.92 Å². The van der Waals surface area contributed by atoms with Gasteiger partial charge in [0.25, 0.3) is 11.8 Å². The molecule has 0 atom stereocenters. The molecule has 0 unspecified atom stereocenters. The van der Waals surface area contributed by atoms with E-state index < -0.39 is 0 Å². The van der Waals surface area contributed by atoms with E-state index in [1.165, 1.54) is 0 Å². The van der Waals surface area contributed by atoms with E-state index in [9.17, 15) is 9.59 Å². The molecule has 0 aliphatic rings. The van der Waals surface area contributed by atoms with Crippen molar-refractivity contribution in [3.05, 3.63) is 89.5 Å². The highest BCUT2D eigenvalue weighted by molar-refractivity contribution is 6.07. The highest BCUT2D eigenvalue weighted by Gasteiger charge is 2.13. The molecule has 2 amide bonds. The van der Waals surface area contributed by atoms with Crippen LogP contribution in [-0.4, -0.2) is 25.9 Å². The smallest absolute Gasteiger partial charge is 0.255 e. The first-order valence-corrected chi connectivity index (χ1v) is 9.00. The summed E-state index contributed by atoms with van der Waals surface area (Å²) in [4.78, 5) is 27.0. The quantitative estimate of drug-likeness (QED) is 0.689. The van der Waals surface area contributed by atoms with E-state index in [4.69, 9.17) is 0 Å². The summed E-state index contributed by atoms with van der Waals surface area (Å²) in [5.74, 6) is -0.385. The molecule has 5 heteroatoms. The normalized spacial score (nSPS) is 10.2. The van der Waals surface area contributed by atoms with Gasteiger partial charge in [0.15, 0.2) is 0 Å². The van der Waals surface area contributed by atoms with Crippen LogP contribution >= 0.6 is 0 Å². The van der Waals surface area contributed by atoms with E-state index in [1.54, 1.807) is 24.3 Å². The molecule has 3 aromatic carbocycles. The number of anilines is 3. The number of nitrogens with zero attached hydrogens (tertiary/aromatic N) is 1. The third-order valence-electron chi connectivity index (χ3n) is 4.49. The van der Waals surface area contributed by atoms with Crippen molar-refractivity contribution >= 4 is 28.9 Å². The number of hydrogen-bond acceptors (Lipinski definition) is 3. The summed E-state index contributed by atoms with van der Waals surface area (Å²) in [6.07, 6.45) is 0. The van der Waals surface area contributed by atoms with Crippen LogP contribution in [0.4, 0.5) is 17.1 Å². The van der Waals surface area contributed by atoms with Crippen LogP contribution in [0.5, 0.6) is 0 Å². The van der Waals surface area contributed by atoms with E-state index in [2.05, 4.69) is 10.6 Å². The molecule has 3 rings (SSSR count). The highest BCUT2D eigenvalue weighted by atomic mass is 16.2. The van der Waals surface area contributed by atoms with Gasteiger partial charge in [-0.25, -0.2) is 0 Å². The lowest BCUT2D eigenvalue weighted by molar-refractivity contribution is 0.101. The molecule has 0 aliphatic carbocycles. The van der Waals surface area contributed by atoms with Crippen molar-refractivity contribution in [1.82, 2.24) is 0 Å². The van der Waals surface area contributed by atoms with Crippen molar-refractivity contribution < 1.29 is 9.59 Å². The molecule has 0 aromatic heterocycles. The van der Waals surface area contributed by atoms with Gasteiger partial charge in [0.05, 0.1) is 0 Å². The van der Waals surface area contributed by atoms with Crippen LogP contribution in [0.25, 0.3) is 0 Å². The molecule has 0 saturated heterocycles. The fourth-order valence-corrected chi connectivity index (χ4v) is 2.81. The SMILES string of the molecule is Cc1c(NC(=O)c2ccccc2)cccc1NC(=O)c1cccc(N(C)C)c1. The summed E-state index contributed by atoms with van der Waals surface area (Å²) in [6, 6.07) is 21.9. The zero-order chi connectivity index (χ0) is 20.1. The standard InChI is InChI=1S/C23H23N3O2/c1-16-20(24-22(27)17-9-5-4-6-10-17)13-8-14-21(16)25-23(28)18-11-7-12-19(15-18)26(2)3/h4-15H,1-3H3,(H,24,27)(H,25,28). The molecule has 142 valence electrons. The van der Waals surface area contributed by atoms with Crippen LogP contribution < -0.4 is 15.5 Å². The summed E-state index contributed by atoms with van der Waals surface area (Å²) >= 11 is 0. The Hall–Kier alpha value is -3.60. The van der Waals surface area contributed by atoms with Crippen LogP contribution in [0.2, 0.25) is 0 Å². The average molecular weight is 373 g/mol. The Morgan fingerprint density at radius 3 is 1.86 bits per heavy atom. The third kappa shape index (κ3) is 4.38. The number of nitrogens with one attached hydrogen (secondary N) is 2. The summed E-state index contributed by atoms with van der Waals surface area (Å²) in [7, 11) is 3.86. The Bertz CT molecular complexity index is 998. The first-order valence-electron chi connectivity index (χ1n) is 9.00. The van der Waals surface area contributed by atoms with Crippen LogP contribution in [0.15, 0.2) is 72.8 Å². The van der Waals surface area contributed by atoms with Gasteiger partial charge in [-0.3, -0.25) is 9.59 Å². The molecule has 0 bridgehead atoms.